The molecule has 0 rings (SSSR count). The lowest BCUT2D eigenvalue weighted by Gasteiger charge is -2.41. The molecule has 0 spiro atoms. The number of aliphatic hydroxyl groups excluding tert-OH is 3. The van der Waals surface area contributed by atoms with Gasteiger partial charge in [-0.25, -0.2) is 0 Å². The first kappa shape index (κ1) is 18.5. The average Bonchev–Trinajstić information content (AvgIpc) is 2.18. The molecule has 0 fully saturated rings. The van der Waals surface area contributed by atoms with Crippen molar-refractivity contribution in [3.8, 4) is 0 Å². The zero-order chi connectivity index (χ0) is 11.9. The van der Waals surface area contributed by atoms with Gasteiger partial charge < -0.3 is 27.7 Å². The Hall–Kier alpha value is 0.130. The van der Waals surface area contributed by atoms with Gasteiger partial charge in [0, 0.05) is 12.8 Å². The Morgan fingerprint density at radius 3 is 1.62 bits per heavy atom. The van der Waals surface area contributed by atoms with E-state index < -0.39 is 12.5 Å². The number of hydrogen-bond acceptors (Lipinski definition) is 3. The Labute approximate surface area is 105 Å². The second-order valence-electron chi connectivity index (χ2n) is 4.33. The lowest BCUT2D eigenvalue weighted by molar-refractivity contribution is -0.995. The van der Waals surface area contributed by atoms with E-state index in [4.69, 9.17) is 5.11 Å². The fourth-order valence-corrected chi connectivity index (χ4v) is 1.82. The van der Waals surface area contributed by atoms with Crippen molar-refractivity contribution >= 4 is 0 Å². The molecule has 0 amide bonds. The van der Waals surface area contributed by atoms with Crippen molar-refractivity contribution in [3.63, 3.8) is 0 Å². The molecule has 0 radical (unpaired) electrons. The van der Waals surface area contributed by atoms with E-state index in [1.165, 1.54) is 0 Å². The molecule has 0 aromatic rings. The SMILES string of the molecule is CCCC(O)[N+](C)(CCO)C(O)CCC.[Cl-]. The van der Waals surface area contributed by atoms with Crippen LogP contribution < -0.4 is 12.4 Å². The number of quaternary nitrogens is 1. The van der Waals surface area contributed by atoms with E-state index in [-0.39, 0.29) is 23.5 Å². The van der Waals surface area contributed by atoms with Gasteiger partial charge in [-0.2, -0.15) is 0 Å². The summed E-state index contributed by atoms with van der Waals surface area (Å²) in [7, 11) is 1.80. The van der Waals surface area contributed by atoms with Crippen LogP contribution in [0.15, 0.2) is 0 Å². The van der Waals surface area contributed by atoms with E-state index in [1.807, 2.05) is 13.8 Å². The van der Waals surface area contributed by atoms with E-state index in [9.17, 15) is 10.2 Å². The minimum atomic E-state index is -0.594. The highest BCUT2D eigenvalue weighted by Gasteiger charge is 2.36. The van der Waals surface area contributed by atoms with Crippen molar-refractivity contribution in [1.29, 1.82) is 0 Å². The average molecular weight is 256 g/mol. The summed E-state index contributed by atoms with van der Waals surface area (Å²) in [5.41, 5.74) is 0. The number of hydrogen-bond donors (Lipinski definition) is 3. The van der Waals surface area contributed by atoms with Crippen LogP contribution in [0.2, 0.25) is 0 Å². The van der Waals surface area contributed by atoms with Gasteiger partial charge in [0.05, 0.1) is 13.7 Å². The monoisotopic (exact) mass is 255 g/mol. The van der Waals surface area contributed by atoms with E-state index in [1.54, 1.807) is 7.05 Å². The second-order valence-corrected chi connectivity index (χ2v) is 4.33. The number of nitrogens with zero attached hydrogens (tertiary/aromatic N) is 1. The second kappa shape index (κ2) is 9.19. The smallest absolute Gasteiger partial charge is 0.192 e. The molecule has 0 aliphatic rings. The quantitative estimate of drug-likeness (QED) is 0.337. The van der Waals surface area contributed by atoms with E-state index in [0.29, 0.717) is 19.4 Å². The van der Waals surface area contributed by atoms with Gasteiger partial charge in [-0.3, -0.25) is 4.48 Å². The summed E-state index contributed by atoms with van der Waals surface area (Å²) in [4.78, 5) is 0. The van der Waals surface area contributed by atoms with Crippen LogP contribution in [0.4, 0.5) is 0 Å². The summed E-state index contributed by atoms with van der Waals surface area (Å²) >= 11 is 0. The summed E-state index contributed by atoms with van der Waals surface area (Å²) in [6.07, 6.45) is 1.86. The minimum absolute atomic E-state index is 0. The number of aliphatic hydroxyl groups is 3. The summed E-state index contributed by atoms with van der Waals surface area (Å²) in [5, 5.41) is 29.0. The minimum Gasteiger partial charge on any atom is -1.00 e. The van der Waals surface area contributed by atoms with Gasteiger partial charge in [0.15, 0.2) is 12.5 Å². The van der Waals surface area contributed by atoms with Crippen LogP contribution in [-0.4, -0.2) is 52.5 Å². The molecule has 2 atom stereocenters. The zero-order valence-corrected chi connectivity index (χ0v) is 11.3. The molecule has 0 saturated heterocycles. The maximum absolute atomic E-state index is 10.00. The molecule has 0 aromatic carbocycles. The number of rotatable bonds is 8. The molecule has 0 heterocycles. The molecule has 3 N–H and O–H groups in total. The van der Waals surface area contributed by atoms with Crippen LogP contribution in [0.25, 0.3) is 0 Å². The molecular formula is C11H26ClNO3. The van der Waals surface area contributed by atoms with Crippen molar-refractivity contribution in [1.82, 2.24) is 0 Å². The van der Waals surface area contributed by atoms with Crippen LogP contribution in [-0.2, 0) is 0 Å². The largest absolute Gasteiger partial charge is 1.00 e. The highest BCUT2D eigenvalue weighted by molar-refractivity contribution is 4.50. The Kier molecular flexibility index (Phi) is 10.6. The van der Waals surface area contributed by atoms with E-state index in [0.717, 1.165) is 12.8 Å². The Bertz CT molecular complexity index is 157. The van der Waals surface area contributed by atoms with Gasteiger partial charge in [0.1, 0.15) is 6.54 Å². The lowest BCUT2D eigenvalue weighted by Crippen LogP contribution is -3.00. The van der Waals surface area contributed by atoms with Gasteiger partial charge in [0.2, 0.25) is 0 Å². The third kappa shape index (κ3) is 4.97. The molecule has 0 aliphatic carbocycles. The van der Waals surface area contributed by atoms with Gasteiger partial charge in [-0.05, 0) is 12.8 Å². The van der Waals surface area contributed by atoms with E-state index >= 15 is 0 Å². The van der Waals surface area contributed by atoms with Crippen molar-refractivity contribution in [2.75, 3.05) is 20.2 Å². The predicted octanol–water partition coefficient (Wildman–Crippen LogP) is -2.33. The highest BCUT2D eigenvalue weighted by Crippen LogP contribution is 2.19. The molecule has 0 aliphatic heterocycles. The summed E-state index contributed by atoms with van der Waals surface area (Å²) < 4.78 is 0.137. The Morgan fingerprint density at radius 2 is 1.38 bits per heavy atom. The van der Waals surface area contributed by atoms with Crippen molar-refractivity contribution in [2.24, 2.45) is 0 Å². The standard InChI is InChI=1S/C11H26NO3.ClH/c1-4-6-10(14)12(3,8-9-13)11(15)7-5-2;/h10-11,13-15H,4-9H2,1-3H3;1H/q+1;/p-1. The topological polar surface area (TPSA) is 60.7 Å². The molecule has 100 valence electrons. The first-order valence-corrected chi connectivity index (χ1v) is 5.84. The predicted molar refractivity (Wildman–Crippen MR) is 60.0 cm³/mol. The fourth-order valence-electron chi connectivity index (χ4n) is 1.82. The van der Waals surface area contributed by atoms with Crippen LogP contribution in [0.1, 0.15) is 39.5 Å². The van der Waals surface area contributed by atoms with Crippen molar-refractivity contribution in [3.05, 3.63) is 0 Å². The summed E-state index contributed by atoms with van der Waals surface area (Å²) in [5.74, 6) is 0. The first-order chi connectivity index (χ1) is 7.02. The van der Waals surface area contributed by atoms with Gasteiger partial charge in [-0.15, -0.1) is 0 Å². The third-order valence-corrected chi connectivity index (χ3v) is 3.04. The number of likely N-dealkylation sites (N-methyl/N-ethyl adjacent to an activating group) is 1. The van der Waals surface area contributed by atoms with Crippen LogP contribution >= 0.6 is 0 Å². The maximum Gasteiger partial charge on any atom is 0.192 e. The van der Waals surface area contributed by atoms with Crippen LogP contribution in [0.3, 0.4) is 0 Å². The summed E-state index contributed by atoms with van der Waals surface area (Å²) in [6, 6.07) is 0. The molecular weight excluding hydrogens is 230 g/mol. The van der Waals surface area contributed by atoms with Gasteiger partial charge in [-0.1, -0.05) is 13.8 Å². The van der Waals surface area contributed by atoms with Crippen molar-refractivity contribution in [2.45, 2.75) is 52.0 Å². The molecule has 0 aromatic heterocycles. The summed E-state index contributed by atoms with van der Waals surface area (Å²) in [6.45, 7) is 4.37. The molecule has 2 unspecified atom stereocenters. The molecule has 0 bridgehead atoms. The Balaban J connectivity index is 0. The van der Waals surface area contributed by atoms with Crippen LogP contribution in [0, 0.1) is 0 Å². The Morgan fingerprint density at radius 1 is 1.00 bits per heavy atom. The van der Waals surface area contributed by atoms with E-state index in [2.05, 4.69) is 0 Å². The molecule has 16 heavy (non-hydrogen) atoms. The highest BCUT2D eigenvalue weighted by atomic mass is 35.5. The molecule has 0 saturated carbocycles. The number of halogens is 1. The first-order valence-electron chi connectivity index (χ1n) is 5.84. The van der Waals surface area contributed by atoms with Gasteiger partial charge in [0.25, 0.3) is 0 Å². The van der Waals surface area contributed by atoms with Crippen molar-refractivity contribution < 1.29 is 32.2 Å². The normalized spacial score (nSPS) is 18.4. The fraction of sp³-hybridized carbons (Fsp3) is 1.00. The maximum atomic E-state index is 10.00. The van der Waals surface area contributed by atoms with Crippen LogP contribution in [0.5, 0.6) is 0 Å². The van der Waals surface area contributed by atoms with Gasteiger partial charge >= 0.3 is 0 Å². The zero-order valence-electron chi connectivity index (χ0n) is 10.6. The molecule has 5 heteroatoms. The molecule has 4 nitrogen and oxygen atoms in total. The third-order valence-electron chi connectivity index (χ3n) is 3.04. The lowest BCUT2D eigenvalue weighted by atomic mass is 10.1.